The second-order valence-electron chi connectivity index (χ2n) is 7.19. The number of carbonyl (C=O) groups is 1. The highest BCUT2D eigenvalue weighted by molar-refractivity contribution is 7.99. The van der Waals surface area contributed by atoms with Crippen LogP contribution in [0.3, 0.4) is 0 Å². The molecule has 3 aromatic heterocycles. The third-order valence-electron chi connectivity index (χ3n) is 4.68. The molecule has 1 aromatic carbocycles. The highest BCUT2D eigenvalue weighted by atomic mass is 32.2. The van der Waals surface area contributed by atoms with Gasteiger partial charge in [-0.25, -0.2) is 0 Å². The van der Waals surface area contributed by atoms with Gasteiger partial charge < -0.3 is 9.73 Å². The Balaban J connectivity index is 1.45. The molecule has 4 rings (SSSR count). The summed E-state index contributed by atoms with van der Waals surface area (Å²) in [4.78, 5) is 12.4. The van der Waals surface area contributed by atoms with Gasteiger partial charge in [-0.3, -0.25) is 14.7 Å². The van der Waals surface area contributed by atoms with Crippen molar-refractivity contribution < 1.29 is 22.4 Å². The Labute approximate surface area is 206 Å². The molecule has 0 aliphatic rings. The van der Waals surface area contributed by atoms with E-state index >= 15 is 0 Å². The molecule has 0 atom stereocenters. The van der Waals surface area contributed by atoms with Crippen molar-refractivity contribution in [3.63, 3.8) is 0 Å². The number of nitrogens with one attached hydrogen (secondary N) is 2. The third kappa shape index (κ3) is 6.60. The van der Waals surface area contributed by atoms with Crippen LogP contribution in [0.15, 0.2) is 52.2 Å². The number of hydrogen-bond acceptors (Lipinski definition) is 9. The molecule has 9 nitrogen and oxygen atoms in total. The Hall–Kier alpha value is -3.39. The third-order valence-corrected chi connectivity index (χ3v) is 6.63. The Morgan fingerprint density at radius 3 is 2.74 bits per heavy atom. The van der Waals surface area contributed by atoms with Crippen molar-refractivity contribution in [2.45, 2.75) is 37.8 Å². The fourth-order valence-electron chi connectivity index (χ4n) is 2.99. The van der Waals surface area contributed by atoms with Crippen LogP contribution >= 0.6 is 23.1 Å². The molecule has 0 fully saturated rings. The summed E-state index contributed by atoms with van der Waals surface area (Å²) >= 11 is 2.48. The lowest BCUT2D eigenvalue weighted by Gasteiger charge is -2.12. The lowest BCUT2D eigenvalue weighted by atomic mass is 10.2. The van der Waals surface area contributed by atoms with Crippen molar-refractivity contribution in [2.75, 3.05) is 16.4 Å². The van der Waals surface area contributed by atoms with Crippen molar-refractivity contribution in [3.05, 3.63) is 64.8 Å². The second-order valence-corrected chi connectivity index (χ2v) is 9.19. The van der Waals surface area contributed by atoms with E-state index in [1.807, 2.05) is 6.92 Å². The zero-order chi connectivity index (χ0) is 24.8. The smallest absolute Gasteiger partial charge is 0.416 e. The SMILES string of the molecule is CCc1nnc(NC(=O)CSc2nnc(CNc3cccc(C(F)(F)F)c3)n2Cc2ccco2)s1. The number of alkyl halides is 3. The molecule has 4 aromatic rings. The first-order valence-corrected chi connectivity index (χ1v) is 12.2. The summed E-state index contributed by atoms with van der Waals surface area (Å²) in [6.45, 7) is 2.36. The summed E-state index contributed by atoms with van der Waals surface area (Å²) in [5.74, 6) is 0.888. The molecule has 2 N–H and O–H groups in total. The van der Waals surface area contributed by atoms with E-state index in [1.165, 1.54) is 35.4 Å². The molecule has 0 saturated carbocycles. The number of hydrogen-bond donors (Lipinski definition) is 2. The van der Waals surface area contributed by atoms with Crippen LogP contribution in [0.25, 0.3) is 0 Å². The number of benzene rings is 1. The number of halogens is 3. The normalized spacial score (nSPS) is 11.5. The van der Waals surface area contributed by atoms with Crippen molar-refractivity contribution in [1.29, 1.82) is 0 Å². The fourth-order valence-corrected chi connectivity index (χ4v) is 4.45. The largest absolute Gasteiger partial charge is 0.467 e. The Bertz CT molecular complexity index is 1270. The van der Waals surface area contributed by atoms with Crippen LogP contribution in [0.5, 0.6) is 0 Å². The molecule has 184 valence electrons. The zero-order valence-corrected chi connectivity index (χ0v) is 20.0. The van der Waals surface area contributed by atoms with Gasteiger partial charge in [0, 0.05) is 5.69 Å². The van der Waals surface area contributed by atoms with Gasteiger partial charge in [-0.1, -0.05) is 36.1 Å². The molecular formula is C21H20F3N7O2S2. The molecule has 0 bridgehead atoms. The quantitative estimate of drug-likeness (QED) is 0.288. The highest BCUT2D eigenvalue weighted by Gasteiger charge is 2.30. The molecule has 1 amide bonds. The average molecular weight is 524 g/mol. The predicted octanol–water partition coefficient (Wildman–Crippen LogP) is 4.70. The molecular weight excluding hydrogens is 503 g/mol. The van der Waals surface area contributed by atoms with Gasteiger partial charge in [-0.05, 0) is 36.8 Å². The molecule has 3 heterocycles. The van der Waals surface area contributed by atoms with Gasteiger partial charge in [0.2, 0.25) is 11.0 Å². The summed E-state index contributed by atoms with van der Waals surface area (Å²) in [6, 6.07) is 8.44. The minimum Gasteiger partial charge on any atom is -0.467 e. The van der Waals surface area contributed by atoms with Crippen LogP contribution in [0, 0.1) is 0 Å². The van der Waals surface area contributed by atoms with Crippen LogP contribution in [-0.2, 0) is 30.5 Å². The van der Waals surface area contributed by atoms with E-state index in [0.29, 0.717) is 34.1 Å². The summed E-state index contributed by atoms with van der Waals surface area (Å²) in [5.41, 5.74) is -0.451. The number of aryl methyl sites for hydroxylation is 1. The van der Waals surface area contributed by atoms with E-state index < -0.39 is 11.7 Å². The minimum absolute atomic E-state index is 0.0540. The molecule has 0 saturated heterocycles. The topological polar surface area (TPSA) is 111 Å². The predicted molar refractivity (Wildman–Crippen MR) is 125 cm³/mol. The van der Waals surface area contributed by atoms with Crippen LogP contribution in [0.4, 0.5) is 24.0 Å². The number of aromatic nitrogens is 5. The van der Waals surface area contributed by atoms with E-state index in [-0.39, 0.29) is 18.2 Å². The van der Waals surface area contributed by atoms with E-state index in [0.717, 1.165) is 23.6 Å². The van der Waals surface area contributed by atoms with E-state index in [4.69, 9.17) is 4.42 Å². The van der Waals surface area contributed by atoms with Crippen molar-refractivity contribution in [1.82, 2.24) is 25.0 Å². The van der Waals surface area contributed by atoms with Gasteiger partial charge in [0.25, 0.3) is 0 Å². The molecule has 14 heteroatoms. The maximum absolute atomic E-state index is 13.0. The fraction of sp³-hybridized carbons (Fsp3) is 0.286. The number of nitrogens with zero attached hydrogens (tertiary/aromatic N) is 5. The number of furan rings is 1. The Morgan fingerprint density at radius 1 is 1.17 bits per heavy atom. The first-order valence-electron chi connectivity index (χ1n) is 10.4. The molecule has 0 radical (unpaired) electrons. The number of amides is 1. The Morgan fingerprint density at radius 2 is 2.03 bits per heavy atom. The van der Waals surface area contributed by atoms with Crippen LogP contribution in [0.2, 0.25) is 0 Å². The minimum atomic E-state index is -4.44. The molecule has 0 spiro atoms. The van der Waals surface area contributed by atoms with Crippen LogP contribution < -0.4 is 10.6 Å². The summed E-state index contributed by atoms with van der Waals surface area (Å²) in [5, 5.41) is 23.6. The first kappa shape index (κ1) is 24.7. The van der Waals surface area contributed by atoms with Crippen molar-refractivity contribution >= 4 is 39.8 Å². The lowest BCUT2D eigenvalue weighted by molar-refractivity contribution is -0.137. The zero-order valence-electron chi connectivity index (χ0n) is 18.4. The maximum atomic E-state index is 13.0. The summed E-state index contributed by atoms with van der Waals surface area (Å²) < 4.78 is 46.2. The van der Waals surface area contributed by atoms with Crippen molar-refractivity contribution in [2.24, 2.45) is 0 Å². The van der Waals surface area contributed by atoms with Gasteiger partial charge in [0.05, 0.1) is 30.7 Å². The van der Waals surface area contributed by atoms with Gasteiger partial charge in [0.1, 0.15) is 10.8 Å². The van der Waals surface area contributed by atoms with E-state index in [9.17, 15) is 18.0 Å². The van der Waals surface area contributed by atoms with Gasteiger partial charge in [-0.2, -0.15) is 13.2 Å². The molecule has 0 unspecified atom stereocenters. The first-order chi connectivity index (χ1) is 16.8. The van der Waals surface area contributed by atoms with Crippen molar-refractivity contribution in [3.8, 4) is 0 Å². The average Bonchev–Trinajstić information content (AvgIpc) is 3.58. The van der Waals surface area contributed by atoms with E-state index in [1.54, 1.807) is 22.8 Å². The monoisotopic (exact) mass is 523 g/mol. The maximum Gasteiger partial charge on any atom is 0.416 e. The number of anilines is 2. The number of rotatable bonds is 10. The molecule has 35 heavy (non-hydrogen) atoms. The summed E-state index contributed by atoms with van der Waals surface area (Å²) in [7, 11) is 0. The number of thioether (sulfide) groups is 1. The molecule has 0 aliphatic carbocycles. The second kappa shape index (κ2) is 10.9. The summed E-state index contributed by atoms with van der Waals surface area (Å²) in [6.07, 6.45) is -2.17. The van der Waals surface area contributed by atoms with Crippen LogP contribution in [0.1, 0.15) is 29.1 Å². The lowest BCUT2D eigenvalue weighted by Crippen LogP contribution is -2.15. The Kier molecular flexibility index (Phi) is 7.70. The number of carbonyl (C=O) groups excluding carboxylic acids is 1. The molecule has 0 aliphatic heterocycles. The standard InChI is InChI=1S/C21H20F3N7O2S2/c1-2-18-28-29-19(35-18)26-17(32)12-34-20-30-27-16(31(20)11-15-7-4-8-33-15)10-25-14-6-3-5-13(9-14)21(22,23)24/h3-9,25H,2,10-12H2,1H3,(H,26,29,32). The van der Waals surface area contributed by atoms with E-state index in [2.05, 4.69) is 31.0 Å². The van der Waals surface area contributed by atoms with Gasteiger partial charge in [-0.15, -0.1) is 20.4 Å². The highest BCUT2D eigenvalue weighted by Crippen LogP contribution is 2.31. The van der Waals surface area contributed by atoms with Gasteiger partial charge in [0.15, 0.2) is 11.0 Å². The van der Waals surface area contributed by atoms with Gasteiger partial charge >= 0.3 is 6.18 Å². The van der Waals surface area contributed by atoms with Crippen LogP contribution in [-0.4, -0.2) is 36.6 Å².